The topological polar surface area (TPSA) is 29.9 Å². The van der Waals surface area contributed by atoms with Gasteiger partial charge in [0.1, 0.15) is 5.82 Å². The summed E-state index contributed by atoms with van der Waals surface area (Å²) in [5, 5.41) is 3.49. The number of hydrogen-bond acceptors (Lipinski definition) is 2. The Morgan fingerprint density at radius 2 is 2.05 bits per heavy atom. The molecule has 104 valence electrons. The van der Waals surface area contributed by atoms with Crippen LogP contribution in [0.4, 0.5) is 0 Å². The molecule has 2 aromatic rings. The zero-order chi connectivity index (χ0) is 13.7. The number of aromatic nitrogens is 2. The Bertz CT molecular complexity index is 514. The van der Waals surface area contributed by atoms with E-state index >= 15 is 0 Å². The van der Waals surface area contributed by atoms with Gasteiger partial charge in [-0.2, -0.15) is 0 Å². The average Bonchev–Trinajstić information content (AvgIpc) is 2.74. The van der Waals surface area contributed by atoms with Crippen LogP contribution in [0.1, 0.15) is 33.0 Å². The van der Waals surface area contributed by atoms with Gasteiger partial charge in [-0.25, -0.2) is 4.98 Å². The van der Waals surface area contributed by atoms with Crippen molar-refractivity contribution in [3.63, 3.8) is 0 Å². The molecule has 0 saturated heterocycles. The fraction of sp³-hybridized carbons (Fsp3) is 0.562. The van der Waals surface area contributed by atoms with Gasteiger partial charge in [0.25, 0.3) is 0 Å². The standard InChI is InChI=1S/C16H25N3/c1-4-11-19-15-8-6-5-7-14(15)18-16(19)9-10-17-12-13(2)3/h5-8,13,17H,4,9-12H2,1-3H3. The minimum atomic E-state index is 0.703. The fourth-order valence-corrected chi connectivity index (χ4v) is 2.38. The Balaban J connectivity index is 2.10. The molecular weight excluding hydrogens is 234 g/mol. The molecule has 0 fully saturated rings. The predicted molar refractivity (Wildman–Crippen MR) is 81.4 cm³/mol. The molecule has 0 bridgehead atoms. The van der Waals surface area contributed by atoms with Crippen LogP contribution in [0.2, 0.25) is 0 Å². The molecule has 19 heavy (non-hydrogen) atoms. The van der Waals surface area contributed by atoms with Crippen LogP contribution >= 0.6 is 0 Å². The third-order valence-corrected chi connectivity index (χ3v) is 3.26. The molecule has 3 heteroatoms. The molecule has 0 aliphatic heterocycles. The Kier molecular flexibility index (Phi) is 4.97. The van der Waals surface area contributed by atoms with Gasteiger partial charge in [-0.05, 0) is 31.0 Å². The number of imidazole rings is 1. The number of aryl methyl sites for hydroxylation is 1. The summed E-state index contributed by atoms with van der Waals surface area (Å²) in [6, 6.07) is 8.43. The number of para-hydroxylation sites is 2. The van der Waals surface area contributed by atoms with E-state index in [-0.39, 0.29) is 0 Å². The van der Waals surface area contributed by atoms with Crippen LogP contribution in [0.5, 0.6) is 0 Å². The monoisotopic (exact) mass is 259 g/mol. The van der Waals surface area contributed by atoms with Crippen molar-refractivity contribution >= 4 is 11.0 Å². The lowest BCUT2D eigenvalue weighted by Gasteiger charge is -2.09. The first-order chi connectivity index (χ1) is 9.22. The van der Waals surface area contributed by atoms with Crippen LogP contribution in [-0.2, 0) is 13.0 Å². The number of fused-ring (bicyclic) bond motifs is 1. The summed E-state index contributed by atoms with van der Waals surface area (Å²) < 4.78 is 2.37. The average molecular weight is 259 g/mol. The van der Waals surface area contributed by atoms with Gasteiger partial charge in [0.2, 0.25) is 0 Å². The molecule has 1 heterocycles. The van der Waals surface area contributed by atoms with Crippen molar-refractivity contribution < 1.29 is 0 Å². The van der Waals surface area contributed by atoms with Crippen LogP contribution in [-0.4, -0.2) is 22.6 Å². The number of hydrogen-bond donors (Lipinski definition) is 1. The van der Waals surface area contributed by atoms with Gasteiger partial charge in [-0.3, -0.25) is 0 Å². The Morgan fingerprint density at radius 3 is 2.79 bits per heavy atom. The maximum absolute atomic E-state index is 4.77. The quantitative estimate of drug-likeness (QED) is 0.774. The summed E-state index contributed by atoms with van der Waals surface area (Å²) in [5.74, 6) is 1.91. The second-order valence-electron chi connectivity index (χ2n) is 5.52. The number of benzene rings is 1. The molecule has 1 aromatic heterocycles. The number of rotatable bonds is 7. The van der Waals surface area contributed by atoms with Crippen molar-refractivity contribution in [2.24, 2.45) is 5.92 Å². The summed E-state index contributed by atoms with van der Waals surface area (Å²) >= 11 is 0. The van der Waals surface area contributed by atoms with Gasteiger partial charge in [-0.15, -0.1) is 0 Å². The predicted octanol–water partition coefficient (Wildman–Crippen LogP) is 3.23. The van der Waals surface area contributed by atoms with Gasteiger partial charge in [0.15, 0.2) is 0 Å². The first-order valence-corrected chi connectivity index (χ1v) is 7.37. The highest BCUT2D eigenvalue weighted by Crippen LogP contribution is 2.16. The molecule has 0 aliphatic carbocycles. The van der Waals surface area contributed by atoms with Gasteiger partial charge in [0.05, 0.1) is 11.0 Å². The summed E-state index contributed by atoms with van der Waals surface area (Å²) in [5.41, 5.74) is 2.39. The lowest BCUT2D eigenvalue weighted by atomic mass is 10.2. The normalized spacial score (nSPS) is 11.6. The van der Waals surface area contributed by atoms with Crippen molar-refractivity contribution in [1.82, 2.24) is 14.9 Å². The summed E-state index contributed by atoms with van der Waals surface area (Å²) in [4.78, 5) is 4.77. The molecule has 0 unspecified atom stereocenters. The highest BCUT2D eigenvalue weighted by Gasteiger charge is 2.09. The fourth-order valence-electron chi connectivity index (χ4n) is 2.38. The first kappa shape index (κ1) is 14.1. The van der Waals surface area contributed by atoms with Crippen molar-refractivity contribution in [1.29, 1.82) is 0 Å². The zero-order valence-corrected chi connectivity index (χ0v) is 12.3. The molecule has 0 spiro atoms. The van der Waals surface area contributed by atoms with Crippen molar-refractivity contribution in [3.05, 3.63) is 30.1 Å². The molecule has 1 aromatic carbocycles. The Morgan fingerprint density at radius 1 is 1.26 bits per heavy atom. The SMILES string of the molecule is CCCn1c(CCNCC(C)C)nc2ccccc21. The third kappa shape index (κ3) is 3.57. The third-order valence-electron chi connectivity index (χ3n) is 3.26. The largest absolute Gasteiger partial charge is 0.328 e. The highest BCUT2D eigenvalue weighted by molar-refractivity contribution is 5.75. The van der Waals surface area contributed by atoms with Crippen molar-refractivity contribution in [2.75, 3.05) is 13.1 Å². The van der Waals surface area contributed by atoms with Crippen LogP contribution in [0.15, 0.2) is 24.3 Å². The maximum Gasteiger partial charge on any atom is 0.111 e. The van der Waals surface area contributed by atoms with E-state index in [0.717, 1.165) is 38.0 Å². The molecular formula is C16H25N3. The molecule has 0 saturated carbocycles. The Labute approximate surface area is 116 Å². The van der Waals surface area contributed by atoms with E-state index in [1.807, 2.05) is 0 Å². The molecule has 0 aliphatic rings. The van der Waals surface area contributed by atoms with E-state index in [2.05, 4.69) is 54.9 Å². The summed E-state index contributed by atoms with van der Waals surface area (Å²) in [6.45, 7) is 9.83. The minimum absolute atomic E-state index is 0.703. The van der Waals surface area contributed by atoms with E-state index in [4.69, 9.17) is 4.98 Å². The van der Waals surface area contributed by atoms with E-state index in [0.29, 0.717) is 5.92 Å². The maximum atomic E-state index is 4.77. The lowest BCUT2D eigenvalue weighted by Crippen LogP contribution is -2.23. The van der Waals surface area contributed by atoms with Crippen LogP contribution in [0, 0.1) is 5.92 Å². The van der Waals surface area contributed by atoms with Crippen LogP contribution in [0.3, 0.4) is 0 Å². The van der Waals surface area contributed by atoms with E-state index in [9.17, 15) is 0 Å². The molecule has 3 nitrogen and oxygen atoms in total. The molecule has 0 radical (unpaired) electrons. The lowest BCUT2D eigenvalue weighted by molar-refractivity contribution is 0.543. The molecule has 0 atom stereocenters. The van der Waals surface area contributed by atoms with Crippen molar-refractivity contribution in [2.45, 2.75) is 40.2 Å². The summed E-state index contributed by atoms with van der Waals surface area (Å²) in [7, 11) is 0. The van der Waals surface area contributed by atoms with E-state index < -0.39 is 0 Å². The zero-order valence-electron chi connectivity index (χ0n) is 12.3. The van der Waals surface area contributed by atoms with E-state index in [1.54, 1.807) is 0 Å². The van der Waals surface area contributed by atoms with Gasteiger partial charge in [-0.1, -0.05) is 32.9 Å². The van der Waals surface area contributed by atoms with Gasteiger partial charge < -0.3 is 9.88 Å². The molecule has 0 amide bonds. The van der Waals surface area contributed by atoms with Crippen LogP contribution in [0.25, 0.3) is 11.0 Å². The Hall–Kier alpha value is -1.35. The first-order valence-electron chi connectivity index (χ1n) is 7.37. The van der Waals surface area contributed by atoms with Gasteiger partial charge in [0, 0.05) is 19.5 Å². The second kappa shape index (κ2) is 6.71. The summed E-state index contributed by atoms with van der Waals surface area (Å²) in [6.07, 6.45) is 2.15. The minimum Gasteiger partial charge on any atom is -0.328 e. The van der Waals surface area contributed by atoms with Gasteiger partial charge >= 0.3 is 0 Å². The number of nitrogens with one attached hydrogen (secondary N) is 1. The second-order valence-corrected chi connectivity index (χ2v) is 5.52. The van der Waals surface area contributed by atoms with Crippen molar-refractivity contribution in [3.8, 4) is 0 Å². The van der Waals surface area contributed by atoms with Crippen LogP contribution < -0.4 is 5.32 Å². The highest BCUT2D eigenvalue weighted by atomic mass is 15.1. The van der Waals surface area contributed by atoms with E-state index in [1.165, 1.54) is 11.3 Å². The number of nitrogens with zero attached hydrogens (tertiary/aromatic N) is 2. The smallest absolute Gasteiger partial charge is 0.111 e. The molecule has 2 rings (SSSR count). The molecule has 1 N–H and O–H groups in total.